The maximum absolute atomic E-state index is 13.1. The second-order valence-electron chi connectivity index (χ2n) is 7.88. The van der Waals surface area contributed by atoms with Gasteiger partial charge in [0, 0.05) is 24.5 Å². The number of hydrogen-bond acceptors (Lipinski definition) is 4. The van der Waals surface area contributed by atoms with Gasteiger partial charge in [0.2, 0.25) is 5.91 Å². The molecule has 1 heterocycles. The Bertz CT molecular complexity index is 898. The van der Waals surface area contributed by atoms with E-state index in [1.165, 1.54) is 0 Å². The number of nitrogens with zero attached hydrogens (tertiary/aromatic N) is 2. The first-order valence-corrected chi connectivity index (χ1v) is 10.5. The van der Waals surface area contributed by atoms with Crippen LogP contribution >= 0.6 is 0 Å². The van der Waals surface area contributed by atoms with Crippen molar-refractivity contribution in [1.82, 2.24) is 4.90 Å². The highest BCUT2D eigenvalue weighted by atomic mass is 16.2. The van der Waals surface area contributed by atoms with Gasteiger partial charge in [0.25, 0.3) is 11.8 Å². The number of imide groups is 1. The summed E-state index contributed by atoms with van der Waals surface area (Å²) in [7, 11) is 0. The molecule has 1 aliphatic heterocycles. The lowest BCUT2D eigenvalue weighted by molar-refractivity contribution is -0.120. The van der Waals surface area contributed by atoms with Crippen LogP contribution in [0.1, 0.15) is 54.8 Å². The van der Waals surface area contributed by atoms with Crippen LogP contribution in [0.25, 0.3) is 0 Å². The van der Waals surface area contributed by atoms with E-state index >= 15 is 0 Å². The van der Waals surface area contributed by atoms with E-state index in [1.807, 2.05) is 38.1 Å². The van der Waals surface area contributed by atoms with E-state index < -0.39 is 17.9 Å². The Kier molecular flexibility index (Phi) is 6.55. The van der Waals surface area contributed by atoms with E-state index in [2.05, 4.69) is 24.1 Å². The maximum Gasteiger partial charge on any atom is 0.262 e. The molecule has 1 aliphatic rings. The van der Waals surface area contributed by atoms with Crippen molar-refractivity contribution in [2.24, 2.45) is 5.92 Å². The standard InChI is InChI=1S/C24H29N3O3/c1-5-26(6-2)18-13-11-17(12-14-18)25-22(28)21(15-16(3)4)27-23(29)19-9-7-8-10-20(19)24(27)30/h7-14,16,21H,5-6,15H2,1-4H3,(H,25,28)/t21-/m0/s1. The van der Waals surface area contributed by atoms with Crippen LogP contribution in [0, 0.1) is 5.92 Å². The number of fused-ring (bicyclic) bond motifs is 1. The Hall–Kier alpha value is -3.15. The molecular formula is C24H29N3O3. The summed E-state index contributed by atoms with van der Waals surface area (Å²) in [5.74, 6) is -1.04. The molecule has 0 saturated heterocycles. The largest absolute Gasteiger partial charge is 0.372 e. The van der Waals surface area contributed by atoms with Gasteiger partial charge < -0.3 is 10.2 Å². The minimum atomic E-state index is -0.861. The monoisotopic (exact) mass is 407 g/mol. The van der Waals surface area contributed by atoms with Gasteiger partial charge in [-0.15, -0.1) is 0 Å². The minimum absolute atomic E-state index is 0.134. The van der Waals surface area contributed by atoms with Crippen LogP contribution in [-0.4, -0.2) is 41.8 Å². The second kappa shape index (κ2) is 9.11. The van der Waals surface area contributed by atoms with Gasteiger partial charge in [0.1, 0.15) is 6.04 Å². The van der Waals surface area contributed by atoms with Gasteiger partial charge in [-0.1, -0.05) is 26.0 Å². The zero-order chi connectivity index (χ0) is 21.8. The Balaban J connectivity index is 1.82. The fourth-order valence-electron chi connectivity index (χ4n) is 3.84. The van der Waals surface area contributed by atoms with Crippen LogP contribution in [0.4, 0.5) is 11.4 Å². The lowest BCUT2D eigenvalue weighted by Gasteiger charge is -2.27. The SMILES string of the molecule is CCN(CC)c1ccc(NC(=O)[C@H](CC(C)C)N2C(=O)c3ccccc3C2=O)cc1. The van der Waals surface area contributed by atoms with Crippen molar-refractivity contribution in [3.63, 3.8) is 0 Å². The zero-order valence-corrected chi connectivity index (χ0v) is 18.0. The summed E-state index contributed by atoms with van der Waals surface area (Å²) in [6, 6.07) is 13.5. The summed E-state index contributed by atoms with van der Waals surface area (Å²) in [6.45, 7) is 9.93. The predicted octanol–water partition coefficient (Wildman–Crippen LogP) is 4.18. The topological polar surface area (TPSA) is 69.7 Å². The fraction of sp³-hybridized carbons (Fsp3) is 0.375. The number of nitrogens with one attached hydrogen (secondary N) is 1. The maximum atomic E-state index is 13.1. The van der Waals surface area contributed by atoms with Crippen molar-refractivity contribution in [2.75, 3.05) is 23.3 Å². The third kappa shape index (κ3) is 4.22. The van der Waals surface area contributed by atoms with Crippen LogP contribution in [-0.2, 0) is 4.79 Å². The molecule has 6 nitrogen and oxygen atoms in total. The Morgan fingerprint density at radius 1 is 0.933 bits per heavy atom. The molecule has 2 aromatic carbocycles. The van der Waals surface area contributed by atoms with Gasteiger partial charge in [-0.25, -0.2) is 0 Å². The lowest BCUT2D eigenvalue weighted by atomic mass is 10.0. The van der Waals surface area contributed by atoms with Crippen molar-refractivity contribution < 1.29 is 14.4 Å². The Morgan fingerprint density at radius 2 is 1.47 bits per heavy atom. The van der Waals surface area contributed by atoms with E-state index in [0.717, 1.165) is 23.7 Å². The highest BCUT2D eigenvalue weighted by Crippen LogP contribution is 2.28. The van der Waals surface area contributed by atoms with Gasteiger partial charge in [0.05, 0.1) is 11.1 Å². The molecule has 0 bridgehead atoms. The summed E-state index contributed by atoms with van der Waals surface area (Å²) in [5, 5.41) is 2.89. The molecule has 0 unspecified atom stereocenters. The van der Waals surface area contributed by atoms with E-state index in [-0.39, 0.29) is 11.8 Å². The molecule has 6 heteroatoms. The summed E-state index contributed by atoms with van der Waals surface area (Å²) in [5.41, 5.74) is 2.43. The Labute approximate surface area is 177 Å². The third-order valence-electron chi connectivity index (χ3n) is 5.40. The average Bonchev–Trinajstić information content (AvgIpc) is 2.99. The first-order valence-electron chi connectivity index (χ1n) is 10.5. The number of anilines is 2. The van der Waals surface area contributed by atoms with E-state index in [4.69, 9.17) is 0 Å². The number of amides is 3. The van der Waals surface area contributed by atoms with Gasteiger partial charge in [0.15, 0.2) is 0 Å². The van der Waals surface area contributed by atoms with Crippen molar-refractivity contribution in [1.29, 1.82) is 0 Å². The summed E-state index contributed by atoms with van der Waals surface area (Å²) >= 11 is 0. The van der Waals surface area contributed by atoms with E-state index in [9.17, 15) is 14.4 Å². The van der Waals surface area contributed by atoms with Crippen LogP contribution < -0.4 is 10.2 Å². The molecule has 0 aromatic heterocycles. The van der Waals surface area contributed by atoms with Gasteiger partial charge in [-0.2, -0.15) is 0 Å². The third-order valence-corrected chi connectivity index (χ3v) is 5.40. The highest BCUT2D eigenvalue weighted by Gasteiger charge is 2.42. The molecule has 158 valence electrons. The summed E-state index contributed by atoms with van der Waals surface area (Å²) < 4.78 is 0. The molecule has 0 fully saturated rings. The quantitative estimate of drug-likeness (QED) is 0.667. The van der Waals surface area contributed by atoms with Gasteiger partial charge in [-0.05, 0) is 62.6 Å². The number of carbonyl (C=O) groups excluding carboxylic acids is 3. The number of rotatable bonds is 8. The van der Waals surface area contributed by atoms with Gasteiger partial charge in [-0.3, -0.25) is 19.3 Å². The zero-order valence-electron chi connectivity index (χ0n) is 18.0. The highest BCUT2D eigenvalue weighted by molar-refractivity contribution is 6.23. The van der Waals surface area contributed by atoms with Crippen molar-refractivity contribution in [2.45, 2.75) is 40.2 Å². The van der Waals surface area contributed by atoms with Crippen molar-refractivity contribution in [3.05, 3.63) is 59.7 Å². The van der Waals surface area contributed by atoms with Crippen molar-refractivity contribution in [3.8, 4) is 0 Å². The van der Waals surface area contributed by atoms with Crippen molar-refractivity contribution >= 4 is 29.1 Å². The fourth-order valence-corrected chi connectivity index (χ4v) is 3.84. The normalized spacial score (nSPS) is 14.1. The smallest absolute Gasteiger partial charge is 0.262 e. The Morgan fingerprint density at radius 3 is 1.93 bits per heavy atom. The van der Waals surface area contributed by atoms with E-state index in [1.54, 1.807) is 24.3 Å². The molecule has 2 aromatic rings. The first-order chi connectivity index (χ1) is 14.4. The molecule has 3 amide bonds. The number of carbonyl (C=O) groups is 3. The summed E-state index contributed by atoms with van der Waals surface area (Å²) in [6.07, 6.45) is 0.398. The van der Waals surface area contributed by atoms with Crippen LogP contribution in [0.3, 0.4) is 0 Å². The molecule has 0 saturated carbocycles. The van der Waals surface area contributed by atoms with Crippen LogP contribution in [0.5, 0.6) is 0 Å². The molecule has 3 rings (SSSR count). The molecule has 0 aliphatic carbocycles. The first kappa shape index (κ1) is 21.6. The average molecular weight is 408 g/mol. The molecule has 0 radical (unpaired) electrons. The molecular weight excluding hydrogens is 378 g/mol. The van der Waals surface area contributed by atoms with Crippen LogP contribution in [0.2, 0.25) is 0 Å². The minimum Gasteiger partial charge on any atom is -0.372 e. The molecule has 1 atom stereocenters. The molecule has 1 N–H and O–H groups in total. The molecule has 30 heavy (non-hydrogen) atoms. The molecule has 0 spiro atoms. The number of hydrogen-bond donors (Lipinski definition) is 1. The second-order valence-corrected chi connectivity index (χ2v) is 7.88. The van der Waals surface area contributed by atoms with Crippen LogP contribution in [0.15, 0.2) is 48.5 Å². The summed E-state index contributed by atoms with van der Waals surface area (Å²) in [4.78, 5) is 42.3. The predicted molar refractivity (Wildman–Crippen MR) is 119 cm³/mol. The van der Waals surface area contributed by atoms with Gasteiger partial charge >= 0.3 is 0 Å². The van der Waals surface area contributed by atoms with E-state index in [0.29, 0.717) is 23.2 Å². The number of benzene rings is 2. The lowest BCUT2D eigenvalue weighted by Crippen LogP contribution is -2.47.